The van der Waals surface area contributed by atoms with E-state index in [1.165, 1.54) is 23.5 Å². The third-order valence-electron chi connectivity index (χ3n) is 2.33. The first kappa shape index (κ1) is 10.8. The van der Waals surface area contributed by atoms with Crippen LogP contribution in [0.4, 0.5) is 5.13 Å². The second kappa shape index (κ2) is 4.85. The van der Waals surface area contributed by atoms with Gasteiger partial charge in [0.15, 0.2) is 5.13 Å². The van der Waals surface area contributed by atoms with Crippen LogP contribution >= 0.6 is 23.1 Å². The van der Waals surface area contributed by atoms with E-state index < -0.39 is 0 Å². The van der Waals surface area contributed by atoms with E-state index in [-0.39, 0.29) is 5.91 Å². The van der Waals surface area contributed by atoms with Gasteiger partial charge in [0.25, 0.3) is 5.91 Å². The first-order valence-corrected chi connectivity index (χ1v) is 6.86. The van der Waals surface area contributed by atoms with Gasteiger partial charge in [-0.3, -0.25) is 4.79 Å². The fraction of sp³-hybridized carbons (Fsp3) is 0.556. The molecular formula is C9H13N3OS2. The van der Waals surface area contributed by atoms with Crippen molar-refractivity contribution in [3.8, 4) is 0 Å². The number of nitrogen functional groups attached to an aromatic ring is 1. The van der Waals surface area contributed by atoms with Crippen LogP contribution in [-0.4, -0.2) is 28.9 Å². The largest absolute Gasteiger partial charge is 0.375 e. The first-order chi connectivity index (χ1) is 7.25. The molecule has 15 heavy (non-hydrogen) atoms. The van der Waals surface area contributed by atoms with Gasteiger partial charge in [0.1, 0.15) is 5.69 Å². The highest BCUT2D eigenvalue weighted by Gasteiger charge is 2.17. The Kier molecular flexibility index (Phi) is 3.48. The summed E-state index contributed by atoms with van der Waals surface area (Å²) in [6, 6.07) is 0. The zero-order chi connectivity index (χ0) is 10.7. The van der Waals surface area contributed by atoms with Crippen LogP contribution in [0.3, 0.4) is 0 Å². The molecule has 0 saturated carbocycles. The molecular weight excluding hydrogens is 230 g/mol. The summed E-state index contributed by atoms with van der Waals surface area (Å²) in [7, 11) is 0. The van der Waals surface area contributed by atoms with Gasteiger partial charge in [-0.05, 0) is 23.8 Å². The number of aromatic nitrogens is 1. The second-order valence-electron chi connectivity index (χ2n) is 3.51. The lowest BCUT2D eigenvalue weighted by atomic mass is 10.1. The van der Waals surface area contributed by atoms with Crippen molar-refractivity contribution in [3.63, 3.8) is 0 Å². The predicted octanol–water partition coefficient (Wildman–Crippen LogP) is 1.21. The van der Waals surface area contributed by atoms with Gasteiger partial charge in [-0.25, -0.2) is 4.98 Å². The van der Waals surface area contributed by atoms with Crippen LogP contribution in [0.2, 0.25) is 0 Å². The van der Waals surface area contributed by atoms with Gasteiger partial charge in [-0.2, -0.15) is 11.8 Å². The number of hydrogen-bond donors (Lipinski definition) is 2. The van der Waals surface area contributed by atoms with Crippen molar-refractivity contribution in [3.05, 3.63) is 11.1 Å². The molecule has 1 amide bonds. The molecule has 0 spiro atoms. The lowest BCUT2D eigenvalue weighted by Crippen LogP contribution is -2.29. The predicted molar refractivity (Wildman–Crippen MR) is 64.3 cm³/mol. The molecule has 3 N–H and O–H groups in total. The van der Waals surface area contributed by atoms with Crippen LogP contribution in [0.1, 0.15) is 16.9 Å². The maximum atomic E-state index is 11.6. The average Bonchev–Trinajstić information content (AvgIpc) is 2.84. The summed E-state index contributed by atoms with van der Waals surface area (Å²) in [4.78, 5) is 15.5. The number of nitrogens with zero attached hydrogens (tertiary/aromatic N) is 1. The summed E-state index contributed by atoms with van der Waals surface area (Å²) in [6.07, 6.45) is 1.20. The zero-order valence-electron chi connectivity index (χ0n) is 8.23. The fourth-order valence-electron chi connectivity index (χ4n) is 1.46. The van der Waals surface area contributed by atoms with Crippen molar-refractivity contribution in [1.29, 1.82) is 0 Å². The molecule has 1 aliphatic heterocycles. The SMILES string of the molecule is Nc1nc(C(=O)NCC2CCSC2)cs1. The highest BCUT2D eigenvalue weighted by atomic mass is 32.2. The van der Waals surface area contributed by atoms with E-state index in [1.54, 1.807) is 5.38 Å². The van der Waals surface area contributed by atoms with E-state index in [1.807, 2.05) is 11.8 Å². The summed E-state index contributed by atoms with van der Waals surface area (Å²) in [5.41, 5.74) is 5.89. The molecule has 0 bridgehead atoms. The highest BCUT2D eigenvalue weighted by Crippen LogP contribution is 2.22. The minimum atomic E-state index is -0.111. The number of thiazole rings is 1. The van der Waals surface area contributed by atoms with Crippen LogP contribution in [0, 0.1) is 5.92 Å². The Balaban J connectivity index is 1.81. The molecule has 0 radical (unpaired) electrons. The normalized spacial score (nSPS) is 20.4. The minimum absolute atomic E-state index is 0.111. The molecule has 2 heterocycles. The number of amides is 1. The Morgan fingerprint density at radius 1 is 1.73 bits per heavy atom. The van der Waals surface area contributed by atoms with Crippen LogP contribution in [0.15, 0.2) is 5.38 Å². The number of anilines is 1. The van der Waals surface area contributed by atoms with Gasteiger partial charge in [-0.15, -0.1) is 11.3 Å². The number of carbonyl (C=O) groups excluding carboxylic acids is 1. The Labute approximate surface area is 96.6 Å². The van der Waals surface area contributed by atoms with Crippen molar-refractivity contribution in [2.24, 2.45) is 5.92 Å². The maximum absolute atomic E-state index is 11.6. The molecule has 1 saturated heterocycles. The summed E-state index contributed by atoms with van der Waals surface area (Å²) < 4.78 is 0. The molecule has 0 aromatic carbocycles. The van der Waals surface area contributed by atoms with E-state index >= 15 is 0 Å². The van der Waals surface area contributed by atoms with Gasteiger partial charge in [0.2, 0.25) is 0 Å². The highest BCUT2D eigenvalue weighted by molar-refractivity contribution is 7.99. The molecule has 1 unspecified atom stereocenters. The Morgan fingerprint density at radius 3 is 3.20 bits per heavy atom. The number of thioether (sulfide) groups is 1. The number of nitrogens with two attached hydrogens (primary N) is 1. The molecule has 1 aromatic rings. The quantitative estimate of drug-likeness (QED) is 0.837. The second-order valence-corrected chi connectivity index (χ2v) is 5.55. The summed E-state index contributed by atoms with van der Waals surface area (Å²) >= 11 is 3.24. The number of hydrogen-bond acceptors (Lipinski definition) is 5. The molecule has 2 rings (SSSR count). The van der Waals surface area contributed by atoms with Gasteiger partial charge in [-0.1, -0.05) is 0 Å². The van der Waals surface area contributed by atoms with Gasteiger partial charge in [0, 0.05) is 11.9 Å². The zero-order valence-corrected chi connectivity index (χ0v) is 9.87. The Morgan fingerprint density at radius 2 is 2.60 bits per heavy atom. The average molecular weight is 243 g/mol. The Bertz CT molecular complexity index is 347. The smallest absolute Gasteiger partial charge is 0.270 e. The van der Waals surface area contributed by atoms with Crippen molar-refractivity contribution < 1.29 is 4.79 Å². The van der Waals surface area contributed by atoms with Crippen LogP contribution < -0.4 is 11.1 Å². The van der Waals surface area contributed by atoms with E-state index in [4.69, 9.17) is 5.73 Å². The molecule has 1 aromatic heterocycles. The van der Waals surface area contributed by atoms with Crippen molar-refractivity contribution in [2.75, 3.05) is 23.8 Å². The first-order valence-electron chi connectivity index (χ1n) is 4.82. The van der Waals surface area contributed by atoms with Crippen LogP contribution in [0.25, 0.3) is 0 Å². The minimum Gasteiger partial charge on any atom is -0.375 e. The third kappa shape index (κ3) is 2.85. The Hall–Kier alpha value is -0.750. The molecule has 1 fully saturated rings. The third-order valence-corrected chi connectivity index (χ3v) is 4.24. The number of rotatable bonds is 3. The van der Waals surface area contributed by atoms with Crippen LogP contribution in [0.5, 0.6) is 0 Å². The van der Waals surface area contributed by atoms with E-state index in [9.17, 15) is 4.79 Å². The van der Waals surface area contributed by atoms with E-state index in [2.05, 4.69) is 10.3 Å². The monoisotopic (exact) mass is 243 g/mol. The van der Waals surface area contributed by atoms with Gasteiger partial charge >= 0.3 is 0 Å². The van der Waals surface area contributed by atoms with Gasteiger partial charge < -0.3 is 11.1 Å². The fourth-order valence-corrected chi connectivity index (χ4v) is 3.29. The lowest BCUT2D eigenvalue weighted by Gasteiger charge is -2.08. The molecule has 4 nitrogen and oxygen atoms in total. The summed E-state index contributed by atoms with van der Waals surface area (Å²) in [5, 5.41) is 5.02. The molecule has 1 aliphatic rings. The molecule has 0 aliphatic carbocycles. The lowest BCUT2D eigenvalue weighted by molar-refractivity contribution is 0.0944. The number of carbonyl (C=O) groups is 1. The topological polar surface area (TPSA) is 68.0 Å². The molecule has 6 heteroatoms. The standard InChI is InChI=1S/C9H13N3OS2/c10-9-12-7(5-15-9)8(13)11-3-6-1-2-14-4-6/h5-6H,1-4H2,(H2,10,12)(H,11,13). The molecule has 82 valence electrons. The van der Waals surface area contributed by atoms with Crippen molar-refractivity contribution >= 4 is 34.1 Å². The van der Waals surface area contributed by atoms with Gasteiger partial charge in [0.05, 0.1) is 0 Å². The van der Waals surface area contributed by atoms with E-state index in [0.29, 0.717) is 16.7 Å². The van der Waals surface area contributed by atoms with Crippen molar-refractivity contribution in [1.82, 2.24) is 10.3 Å². The molecule has 1 atom stereocenters. The summed E-state index contributed by atoms with van der Waals surface area (Å²) in [6.45, 7) is 0.753. The summed E-state index contributed by atoms with van der Waals surface area (Å²) in [5.74, 6) is 2.87. The maximum Gasteiger partial charge on any atom is 0.270 e. The number of nitrogens with one attached hydrogen (secondary N) is 1. The van der Waals surface area contributed by atoms with Crippen molar-refractivity contribution in [2.45, 2.75) is 6.42 Å². The van der Waals surface area contributed by atoms with Crippen LogP contribution in [-0.2, 0) is 0 Å². The van der Waals surface area contributed by atoms with E-state index in [0.717, 1.165) is 12.3 Å².